The Hall–Kier alpha value is -0.860. The minimum Gasteiger partial charge on any atom is -0.396 e. The second-order valence-electron chi connectivity index (χ2n) is 23.5. The molecular weight excluding hydrogens is 817 g/mol. The summed E-state index contributed by atoms with van der Waals surface area (Å²) in [7, 11) is 0. The highest BCUT2D eigenvalue weighted by atomic mass is 16.8. The minimum absolute atomic E-state index is 0.0129. The third-order valence-corrected chi connectivity index (χ3v) is 19.4. The molecule has 3 aliphatic heterocycles. The van der Waals surface area contributed by atoms with Crippen LogP contribution < -0.4 is 0 Å². The molecule has 4 saturated carbocycles. The fourth-order valence-electron chi connectivity index (χ4n) is 15.0. The first-order chi connectivity index (χ1) is 29.4. The second kappa shape index (κ2) is 17.0. The van der Waals surface area contributed by atoms with Gasteiger partial charge in [0, 0.05) is 12.0 Å². The molecule has 0 amide bonds. The van der Waals surface area contributed by atoms with Crippen molar-refractivity contribution in [2.75, 3.05) is 13.2 Å². The van der Waals surface area contributed by atoms with Crippen molar-refractivity contribution in [2.24, 2.45) is 50.2 Å². The Kier molecular flexibility index (Phi) is 13.1. The van der Waals surface area contributed by atoms with Crippen molar-refractivity contribution in [1.29, 1.82) is 0 Å². The summed E-state index contributed by atoms with van der Waals surface area (Å²) in [6, 6.07) is 0. The highest BCUT2D eigenvalue weighted by Gasteiger charge is 2.69. The molecule has 9 N–H and O–H groups in total. The Morgan fingerprint density at radius 3 is 1.92 bits per heavy atom. The van der Waals surface area contributed by atoms with Gasteiger partial charge in [0.25, 0.3) is 0 Å². The molecule has 23 atom stereocenters. The smallest absolute Gasteiger partial charge is 0.187 e. The number of rotatable bonds is 8. The molecule has 0 aromatic carbocycles. The minimum atomic E-state index is -1.82. The van der Waals surface area contributed by atoms with Crippen molar-refractivity contribution >= 4 is 0 Å². The first kappa shape index (κ1) is 48.6. The van der Waals surface area contributed by atoms with Gasteiger partial charge in [-0.1, -0.05) is 60.1 Å². The number of aliphatic hydroxyl groups excluding tert-OH is 9. The Labute approximate surface area is 373 Å². The molecule has 7 fully saturated rings. The summed E-state index contributed by atoms with van der Waals surface area (Å²) in [5, 5.41) is 97.4. The SMILES string of the molecule is CC1OC(OC2C(O)C(C)OC(OC3CCC4(C)C(CCC5(C)C4CC=C4C6CC(C)(C)CCC6(CO)CCC45C)C3(C)C)C2O)C(OC2OC(CO)C(O)C(O)C2O)C(O)C1O. The van der Waals surface area contributed by atoms with Crippen LogP contribution >= 0.6 is 0 Å². The zero-order chi connectivity index (χ0) is 46.0. The monoisotopic (exact) mass is 897 g/mol. The summed E-state index contributed by atoms with van der Waals surface area (Å²) < 4.78 is 36.6. The van der Waals surface area contributed by atoms with Gasteiger partial charge in [-0.2, -0.15) is 0 Å². The quantitative estimate of drug-likeness (QED) is 0.126. The Morgan fingerprint density at radius 2 is 1.24 bits per heavy atom. The van der Waals surface area contributed by atoms with Gasteiger partial charge in [0.15, 0.2) is 18.9 Å². The van der Waals surface area contributed by atoms with Crippen molar-refractivity contribution in [2.45, 2.75) is 225 Å². The lowest BCUT2D eigenvalue weighted by Crippen LogP contribution is -2.67. The second-order valence-corrected chi connectivity index (χ2v) is 23.5. The van der Waals surface area contributed by atoms with Crippen LogP contribution in [0.4, 0.5) is 0 Å². The van der Waals surface area contributed by atoms with Gasteiger partial charge in [0.2, 0.25) is 0 Å². The molecule has 23 unspecified atom stereocenters. The average molecular weight is 897 g/mol. The van der Waals surface area contributed by atoms with Crippen molar-refractivity contribution < 1.29 is 74.4 Å². The summed E-state index contributed by atoms with van der Waals surface area (Å²) in [6.45, 7) is 19.7. The number of ether oxygens (including phenoxy) is 6. The average Bonchev–Trinajstić information content (AvgIpc) is 3.22. The largest absolute Gasteiger partial charge is 0.396 e. The molecule has 63 heavy (non-hydrogen) atoms. The highest BCUT2D eigenvalue weighted by molar-refractivity contribution is 5.34. The first-order valence-electron chi connectivity index (χ1n) is 24.0. The number of hydrogen-bond acceptors (Lipinski definition) is 15. The Balaban J connectivity index is 0.994. The van der Waals surface area contributed by atoms with Crippen LogP contribution in [0.3, 0.4) is 0 Å². The van der Waals surface area contributed by atoms with Gasteiger partial charge < -0.3 is 74.4 Å². The number of fused-ring (bicyclic) bond motifs is 7. The van der Waals surface area contributed by atoms with Crippen molar-refractivity contribution in [1.82, 2.24) is 0 Å². The molecule has 0 spiro atoms. The van der Waals surface area contributed by atoms with E-state index < -0.39 is 98.7 Å². The van der Waals surface area contributed by atoms with Crippen molar-refractivity contribution in [3.8, 4) is 0 Å². The van der Waals surface area contributed by atoms with E-state index in [1.807, 2.05) is 0 Å². The van der Waals surface area contributed by atoms with Crippen molar-refractivity contribution in [3.05, 3.63) is 11.6 Å². The molecule has 0 aromatic heterocycles. The van der Waals surface area contributed by atoms with Gasteiger partial charge in [0.1, 0.15) is 61.0 Å². The molecule has 0 bridgehead atoms. The lowest BCUT2D eigenvalue weighted by Gasteiger charge is -2.71. The summed E-state index contributed by atoms with van der Waals surface area (Å²) in [5.74, 6) is 1.19. The fourth-order valence-corrected chi connectivity index (χ4v) is 15.0. The van der Waals surface area contributed by atoms with Crippen LogP contribution in [0.5, 0.6) is 0 Å². The fraction of sp³-hybridized carbons (Fsp3) is 0.958. The molecule has 0 radical (unpaired) electrons. The van der Waals surface area contributed by atoms with E-state index in [-0.39, 0.29) is 45.2 Å². The van der Waals surface area contributed by atoms with Crippen LogP contribution in [0.1, 0.15) is 127 Å². The number of aliphatic hydroxyl groups is 9. The van der Waals surface area contributed by atoms with Crippen LogP contribution in [0.25, 0.3) is 0 Å². The summed E-state index contributed by atoms with van der Waals surface area (Å²) >= 11 is 0. The van der Waals surface area contributed by atoms with Crippen molar-refractivity contribution in [3.63, 3.8) is 0 Å². The molecule has 8 rings (SSSR count). The molecule has 8 aliphatic rings. The summed E-state index contributed by atoms with van der Waals surface area (Å²) in [6.07, 6.45) is -9.18. The topological polar surface area (TPSA) is 237 Å². The van der Waals surface area contributed by atoms with E-state index in [1.165, 1.54) is 6.92 Å². The Morgan fingerprint density at radius 1 is 0.603 bits per heavy atom. The van der Waals surface area contributed by atoms with Gasteiger partial charge in [0.05, 0.1) is 24.9 Å². The van der Waals surface area contributed by atoms with Gasteiger partial charge >= 0.3 is 0 Å². The molecule has 15 nitrogen and oxygen atoms in total. The zero-order valence-electron chi connectivity index (χ0n) is 39.0. The molecule has 5 aliphatic carbocycles. The van der Waals surface area contributed by atoms with E-state index in [1.54, 1.807) is 12.5 Å². The van der Waals surface area contributed by atoms with Crippen LogP contribution in [0.2, 0.25) is 0 Å². The van der Waals surface area contributed by atoms with E-state index >= 15 is 0 Å². The van der Waals surface area contributed by atoms with Gasteiger partial charge in [-0.15, -0.1) is 0 Å². The maximum absolute atomic E-state index is 12.0. The first-order valence-corrected chi connectivity index (χ1v) is 24.0. The van der Waals surface area contributed by atoms with E-state index in [0.29, 0.717) is 17.8 Å². The predicted molar refractivity (Wildman–Crippen MR) is 227 cm³/mol. The van der Waals surface area contributed by atoms with Gasteiger partial charge in [-0.3, -0.25) is 0 Å². The third-order valence-electron chi connectivity index (χ3n) is 19.4. The maximum Gasteiger partial charge on any atom is 0.187 e. The van der Waals surface area contributed by atoms with Gasteiger partial charge in [-0.05, 0) is 123 Å². The van der Waals surface area contributed by atoms with E-state index in [9.17, 15) is 46.0 Å². The van der Waals surface area contributed by atoms with Gasteiger partial charge in [-0.25, -0.2) is 0 Å². The van der Waals surface area contributed by atoms with Crippen LogP contribution in [0, 0.1) is 50.2 Å². The molecule has 362 valence electrons. The maximum atomic E-state index is 12.0. The van der Waals surface area contributed by atoms with Crippen LogP contribution in [-0.4, -0.2) is 157 Å². The van der Waals surface area contributed by atoms with Crippen LogP contribution in [-0.2, 0) is 28.4 Å². The highest BCUT2D eigenvalue weighted by Crippen LogP contribution is 2.76. The molecule has 3 saturated heterocycles. The van der Waals surface area contributed by atoms with E-state index in [2.05, 4.69) is 54.5 Å². The lowest BCUT2D eigenvalue weighted by molar-refractivity contribution is -0.389. The summed E-state index contributed by atoms with van der Waals surface area (Å²) in [5.41, 5.74) is 1.72. The summed E-state index contributed by atoms with van der Waals surface area (Å²) in [4.78, 5) is 0. The van der Waals surface area contributed by atoms with E-state index in [0.717, 1.165) is 64.2 Å². The number of hydrogen-bond donors (Lipinski definition) is 9. The lowest BCUT2D eigenvalue weighted by atomic mass is 9.33. The third kappa shape index (κ3) is 7.65. The zero-order valence-corrected chi connectivity index (χ0v) is 39.0. The number of allylic oxidation sites excluding steroid dienone is 2. The predicted octanol–water partition coefficient (Wildman–Crippen LogP) is 2.67. The standard InChI is InChI=1S/C48H80O15/c1-23-31(51)35(55)39(63-40-36(56)34(54)33(53)27(21-49)60-40)42(59-23)62-38-32(52)24(2)58-41(37(38)57)61-30-13-14-45(7)28(44(30,5)6)12-15-47(9)29(45)11-10-25-26-20-43(3,4)16-18-48(26,22-50)19-17-46(25,47)8/h10,23-24,26-42,49-57H,11-22H2,1-9H3. The Bertz CT molecular complexity index is 1670. The van der Waals surface area contributed by atoms with Crippen LogP contribution in [0.15, 0.2) is 11.6 Å². The molecular formula is C48H80O15. The normalized spacial score (nSPS) is 55.4. The van der Waals surface area contributed by atoms with E-state index in [4.69, 9.17) is 28.4 Å². The molecule has 3 heterocycles. The molecule has 15 heteroatoms. The molecule has 0 aromatic rings.